The van der Waals surface area contributed by atoms with Gasteiger partial charge in [0.1, 0.15) is 5.82 Å². The minimum absolute atomic E-state index is 0.0663. The maximum Gasteiger partial charge on any atom is 0.314 e. The molecular weight excluding hydrogens is 364 g/mol. The van der Waals surface area contributed by atoms with E-state index in [1.165, 1.54) is 4.68 Å². The Morgan fingerprint density at radius 3 is 2.71 bits per heavy atom. The van der Waals surface area contributed by atoms with Crippen molar-refractivity contribution in [3.05, 3.63) is 11.8 Å². The summed E-state index contributed by atoms with van der Waals surface area (Å²) >= 11 is 0. The Balaban J connectivity index is 2.09. The second kappa shape index (κ2) is 9.16. The van der Waals surface area contributed by atoms with E-state index in [0.29, 0.717) is 37.5 Å². The van der Waals surface area contributed by atoms with Crippen molar-refractivity contribution in [3.8, 4) is 0 Å². The van der Waals surface area contributed by atoms with E-state index in [9.17, 15) is 14.4 Å². The molecule has 0 bridgehead atoms. The van der Waals surface area contributed by atoms with Gasteiger partial charge in [0.25, 0.3) is 0 Å². The minimum atomic E-state index is -0.798. The smallest absolute Gasteiger partial charge is 0.314 e. The molecular formula is C18H30N6O4. The molecule has 0 spiro atoms. The van der Waals surface area contributed by atoms with E-state index in [0.717, 1.165) is 0 Å². The first kappa shape index (κ1) is 21.8. The standard InChI is InChI=1S/C18H30N6O4/c1-11-9-13(21-16(27)15(26)19-7-6-8-28-5)24(23-11)17-20-12(18(2,3)4)10-14(25)22-17/h9,12,17,20H,6-8,10H2,1-5H3,(H,19,26)(H,21,27)(H,22,25). The number of nitrogens with zero attached hydrogens (tertiary/aromatic N) is 2. The average Bonchev–Trinajstić information content (AvgIpc) is 2.97. The van der Waals surface area contributed by atoms with Crippen LogP contribution < -0.4 is 21.3 Å². The number of aromatic nitrogens is 2. The number of carbonyl (C=O) groups excluding carboxylic acids is 3. The van der Waals surface area contributed by atoms with Crippen LogP contribution in [0.25, 0.3) is 0 Å². The summed E-state index contributed by atoms with van der Waals surface area (Å²) in [7, 11) is 1.57. The number of amides is 3. The van der Waals surface area contributed by atoms with Crippen molar-refractivity contribution in [3.63, 3.8) is 0 Å². The van der Waals surface area contributed by atoms with Crippen molar-refractivity contribution in [2.75, 3.05) is 25.6 Å². The molecule has 0 aromatic carbocycles. The van der Waals surface area contributed by atoms with Crippen LogP contribution in [0.3, 0.4) is 0 Å². The summed E-state index contributed by atoms with van der Waals surface area (Å²) in [6.45, 7) is 8.74. The molecule has 156 valence electrons. The largest absolute Gasteiger partial charge is 0.385 e. The highest BCUT2D eigenvalue weighted by atomic mass is 16.5. The monoisotopic (exact) mass is 394 g/mol. The fraction of sp³-hybridized carbons (Fsp3) is 0.667. The maximum absolute atomic E-state index is 12.2. The molecule has 0 saturated carbocycles. The Labute approximate surface area is 164 Å². The zero-order chi connectivity index (χ0) is 20.9. The number of ether oxygens (including phenoxy) is 1. The first-order chi connectivity index (χ1) is 13.1. The van der Waals surface area contributed by atoms with Crippen molar-refractivity contribution in [1.82, 2.24) is 25.7 Å². The molecule has 2 unspecified atom stereocenters. The highest BCUT2D eigenvalue weighted by Crippen LogP contribution is 2.26. The summed E-state index contributed by atoms with van der Waals surface area (Å²) in [5.74, 6) is -1.32. The number of methoxy groups -OCH3 is 1. The predicted molar refractivity (Wildman–Crippen MR) is 103 cm³/mol. The SMILES string of the molecule is COCCCNC(=O)C(=O)Nc1cc(C)nn1C1NC(=O)CC(C(C)(C)C)N1. The lowest BCUT2D eigenvalue weighted by atomic mass is 9.84. The third kappa shape index (κ3) is 5.77. The summed E-state index contributed by atoms with van der Waals surface area (Å²) < 4.78 is 6.38. The van der Waals surface area contributed by atoms with Gasteiger partial charge in [-0.1, -0.05) is 20.8 Å². The van der Waals surface area contributed by atoms with Gasteiger partial charge in [0.15, 0.2) is 6.29 Å². The highest BCUT2D eigenvalue weighted by molar-refractivity contribution is 6.39. The second-order valence-corrected chi connectivity index (χ2v) is 7.93. The van der Waals surface area contributed by atoms with Gasteiger partial charge in [-0.25, -0.2) is 4.68 Å². The van der Waals surface area contributed by atoms with Crippen LogP contribution in [0.5, 0.6) is 0 Å². The van der Waals surface area contributed by atoms with Crippen LogP contribution in [-0.4, -0.2) is 53.8 Å². The third-order valence-electron chi connectivity index (χ3n) is 4.45. The fourth-order valence-electron chi connectivity index (χ4n) is 2.85. The lowest BCUT2D eigenvalue weighted by Crippen LogP contribution is -2.57. The van der Waals surface area contributed by atoms with Gasteiger partial charge in [-0.05, 0) is 18.8 Å². The van der Waals surface area contributed by atoms with E-state index in [1.54, 1.807) is 20.1 Å². The van der Waals surface area contributed by atoms with E-state index in [1.807, 2.05) is 20.8 Å². The quantitative estimate of drug-likeness (QED) is 0.405. The van der Waals surface area contributed by atoms with Gasteiger partial charge in [0.05, 0.1) is 5.69 Å². The highest BCUT2D eigenvalue weighted by Gasteiger charge is 2.35. The molecule has 1 aromatic rings. The van der Waals surface area contributed by atoms with Gasteiger partial charge < -0.3 is 20.7 Å². The molecule has 4 N–H and O–H groups in total. The molecule has 1 saturated heterocycles. The molecule has 0 aliphatic carbocycles. The molecule has 1 fully saturated rings. The normalized spacial score (nSPS) is 19.8. The minimum Gasteiger partial charge on any atom is -0.385 e. The van der Waals surface area contributed by atoms with E-state index in [2.05, 4.69) is 26.4 Å². The van der Waals surface area contributed by atoms with Gasteiger partial charge in [-0.2, -0.15) is 5.10 Å². The van der Waals surface area contributed by atoms with Crippen molar-refractivity contribution in [2.24, 2.45) is 5.41 Å². The molecule has 0 radical (unpaired) electrons. The summed E-state index contributed by atoms with van der Waals surface area (Å²) in [6.07, 6.45) is 0.337. The zero-order valence-electron chi connectivity index (χ0n) is 17.1. The van der Waals surface area contributed by atoms with Crippen LogP contribution in [0.4, 0.5) is 5.82 Å². The topological polar surface area (TPSA) is 126 Å². The van der Waals surface area contributed by atoms with Crippen LogP contribution in [0, 0.1) is 12.3 Å². The Bertz CT molecular complexity index is 724. The molecule has 1 aromatic heterocycles. The molecule has 2 rings (SSSR count). The van der Waals surface area contributed by atoms with Gasteiger partial charge in [-0.15, -0.1) is 0 Å². The fourth-order valence-corrected chi connectivity index (χ4v) is 2.85. The summed E-state index contributed by atoms with van der Waals surface area (Å²) in [6, 6.07) is 1.58. The number of aryl methyl sites for hydroxylation is 1. The van der Waals surface area contributed by atoms with E-state index < -0.39 is 18.1 Å². The molecule has 1 aliphatic rings. The van der Waals surface area contributed by atoms with Crippen LogP contribution in [0.2, 0.25) is 0 Å². The number of nitrogens with one attached hydrogen (secondary N) is 4. The second-order valence-electron chi connectivity index (χ2n) is 7.93. The van der Waals surface area contributed by atoms with Crippen molar-refractivity contribution >= 4 is 23.5 Å². The summed E-state index contributed by atoms with van der Waals surface area (Å²) in [4.78, 5) is 36.3. The molecule has 28 heavy (non-hydrogen) atoms. The van der Waals surface area contributed by atoms with E-state index in [-0.39, 0.29) is 17.4 Å². The first-order valence-corrected chi connectivity index (χ1v) is 9.31. The summed E-state index contributed by atoms with van der Waals surface area (Å²) in [5.41, 5.74) is 0.508. The predicted octanol–water partition coefficient (Wildman–Crippen LogP) is 0.263. The third-order valence-corrected chi connectivity index (χ3v) is 4.45. The number of hydrogen-bond acceptors (Lipinski definition) is 6. The van der Waals surface area contributed by atoms with Gasteiger partial charge in [0, 0.05) is 38.8 Å². The number of anilines is 1. The van der Waals surface area contributed by atoms with Crippen LogP contribution in [0.15, 0.2) is 6.07 Å². The lowest BCUT2D eigenvalue weighted by Gasteiger charge is -2.39. The zero-order valence-corrected chi connectivity index (χ0v) is 17.1. The first-order valence-electron chi connectivity index (χ1n) is 9.31. The molecule has 2 heterocycles. The molecule has 1 aliphatic heterocycles. The Morgan fingerprint density at radius 2 is 2.07 bits per heavy atom. The molecule has 10 nitrogen and oxygen atoms in total. The summed E-state index contributed by atoms with van der Waals surface area (Å²) in [5, 5.41) is 15.6. The Hall–Kier alpha value is -2.46. The number of hydrogen-bond donors (Lipinski definition) is 4. The van der Waals surface area contributed by atoms with Crippen LogP contribution in [0.1, 0.15) is 45.6 Å². The van der Waals surface area contributed by atoms with Crippen LogP contribution >= 0.6 is 0 Å². The van der Waals surface area contributed by atoms with Gasteiger partial charge in [0.2, 0.25) is 5.91 Å². The molecule has 10 heteroatoms. The van der Waals surface area contributed by atoms with Crippen molar-refractivity contribution in [1.29, 1.82) is 0 Å². The van der Waals surface area contributed by atoms with Gasteiger partial charge in [-0.3, -0.25) is 19.7 Å². The molecule has 3 amide bonds. The lowest BCUT2D eigenvalue weighted by molar-refractivity contribution is -0.136. The Kier molecular flexibility index (Phi) is 7.14. The van der Waals surface area contributed by atoms with E-state index in [4.69, 9.17) is 4.74 Å². The average molecular weight is 394 g/mol. The maximum atomic E-state index is 12.2. The van der Waals surface area contributed by atoms with E-state index >= 15 is 0 Å². The van der Waals surface area contributed by atoms with Crippen molar-refractivity contribution in [2.45, 2.75) is 52.9 Å². The molecule has 2 atom stereocenters. The van der Waals surface area contributed by atoms with Crippen LogP contribution in [-0.2, 0) is 19.1 Å². The van der Waals surface area contributed by atoms with Gasteiger partial charge >= 0.3 is 11.8 Å². The number of rotatable bonds is 6. The Morgan fingerprint density at radius 1 is 1.36 bits per heavy atom. The number of carbonyl (C=O) groups is 3. The van der Waals surface area contributed by atoms with Crippen molar-refractivity contribution < 1.29 is 19.1 Å².